The molecule has 0 bridgehead atoms. The molecule has 4 aromatic rings. The molecule has 1 aromatic heterocycles. The second-order valence-corrected chi connectivity index (χ2v) is 7.62. The molecule has 7 nitrogen and oxygen atoms in total. The third kappa shape index (κ3) is 5.69. The third-order valence-electron chi connectivity index (χ3n) is 5.27. The first-order valence-electron chi connectivity index (χ1n) is 10.9. The average Bonchev–Trinajstić information content (AvgIpc) is 3.33. The van der Waals surface area contributed by atoms with Crippen LogP contribution in [0.2, 0.25) is 0 Å². The topological polar surface area (TPSA) is 82.5 Å². The maximum atomic E-state index is 12.7. The van der Waals surface area contributed by atoms with E-state index in [1.54, 1.807) is 6.20 Å². The number of ether oxygens (including phenoxy) is 2. The molecule has 0 aliphatic carbocycles. The Balaban J connectivity index is 1.42. The minimum atomic E-state index is -0.735. The van der Waals surface area contributed by atoms with E-state index in [1.165, 1.54) is 11.8 Å². The summed E-state index contributed by atoms with van der Waals surface area (Å²) in [5, 5.41) is 7.25. The van der Waals surface area contributed by atoms with Gasteiger partial charge in [0.05, 0.1) is 25.0 Å². The van der Waals surface area contributed by atoms with Gasteiger partial charge in [-0.3, -0.25) is 4.79 Å². The number of benzene rings is 3. The minimum absolute atomic E-state index is 0.00282. The number of methoxy groups -OCH3 is 1. The number of nitrogens with one attached hydrogen (secondary N) is 1. The van der Waals surface area contributed by atoms with Crippen molar-refractivity contribution in [1.29, 1.82) is 0 Å². The van der Waals surface area contributed by atoms with Gasteiger partial charge in [0, 0.05) is 0 Å². The van der Waals surface area contributed by atoms with E-state index in [0.717, 1.165) is 16.8 Å². The predicted octanol–water partition coefficient (Wildman–Crippen LogP) is 4.14. The van der Waals surface area contributed by atoms with Gasteiger partial charge in [-0.05, 0) is 29.7 Å². The first kappa shape index (κ1) is 22.8. The number of para-hydroxylation sites is 1. The number of hydrogen-bond acceptors (Lipinski definition) is 5. The summed E-state index contributed by atoms with van der Waals surface area (Å²) >= 11 is 0. The molecule has 1 atom stereocenters. The maximum absolute atomic E-state index is 12.7. The number of carbonyl (C=O) groups is 2. The number of amides is 1. The Labute approximate surface area is 197 Å². The Hall–Kier alpha value is -4.39. The number of nitrogens with zero attached hydrogens (tertiary/aromatic N) is 2. The predicted molar refractivity (Wildman–Crippen MR) is 128 cm³/mol. The number of rotatable bonds is 9. The first-order valence-corrected chi connectivity index (χ1v) is 10.9. The van der Waals surface area contributed by atoms with Gasteiger partial charge in [0.2, 0.25) is 5.69 Å². The Morgan fingerprint density at radius 3 is 2.18 bits per heavy atom. The van der Waals surface area contributed by atoms with Gasteiger partial charge in [0.15, 0.2) is 12.4 Å². The largest absolute Gasteiger partial charge is 0.493 e. The van der Waals surface area contributed by atoms with E-state index in [1.807, 2.05) is 91.0 Å². The van der Waals surface area contributed by atoms with Gasteiger partial charge in [-0.1, -0.05) is 78.9 Å². The normalized spacial score (nSPS) is 11.4. The molecule has 1 heterocycles. The van der Waals surface area contributed by atoms with Crippen molar-refractivity contribution >= 4 is 11.9 Å². The fraction of sp³-hybridized carbons (Fsp3) is 0.148. The van der Waals surface area contributed by atoms with Crippen molar-refractivity contribution in [2.45, 2.75) is 12.5 Å². The van der Waals surface area contributed by atoms with Crippen molar-refractivity contribution in [1.82, 2.24) is 15.1 Å². The van der Waals surface area contributed by atoms with Crippen molar-refractivity contribution in [3.05, 3.63) is 114 Å². The van der Waals surface area contributed by atoms with Crippen LogP contribution in [-0.2, 0) is 16.0 Å². The Morgan fingerprint density at radius 2 is 1.53 bits per heavy atom. The maximum Gasteiger partial charge on any atom is 0.363 e. The van der Waals surface area contributed by atoms with Crippen LogP contribution in [0.1, 0.15) is 27.7 Å². The highest BCUT2D eigenvalue weighted by molar-refractivity contribution is 5.92. The zero-order chi connectivity index (χ0) is 23.8. The van der Waals surface area contributed by atoms with Crippen LogP contribution in [0.25, 0.3) is 5.69 Å². The van der Waals surface area contributed by atoms with Gasteiger partial charge in [-0.25, -0.2) is 9.48 Å². The highest BCUT2D eigenvalue weighted by Gasteiger charge is 2.22. The molecule has 172 valence electrons. The molecule has 7 heteroatoms. The lowest BCUT2D eigenvalue weighted by atomic mass is 9.99. The molecular formula is C27H25N3O4. The van der Waals surface area contributed by atoms with Crippen LogP contribution in [0, 0.1) is 0 Å². The molecule has 1 N–H and O–H groups in total. The van der Waals surface area contributed by atoms with E-state index in [4.69, 9.17) is 9.47 Å². The third-order valence-corrected chi connectivity index (χ3v) is 5.27. The van der Waals surface area contributed by atoms with Crippen LogP contribution in [-0.4, -0.2) is 35.4 Å². The van der Waals surface area contributed by atoms with Crippen LogP contribution < -0.4 is 10.1 Å². The van der Waals surface area contributed by atoms with Gasteiger partial charge >= 0.3 is 5.97 Å². The number of hydrogen-bond donors (Lipinski definition) is 1. The van der Waals surface area contributed by atoms with E-state index in [9.17, 15) is 9.59 Å². The van der Waals surface area contributed by atoms with Crippen molar-refractivity contribution in [3.8, 4) is 11.4 Å². The van der Waals surface area contributed by atoms with Crippen LogP contribution in [0.15, 0.2) is 97.2 Å². The minimum Gasteiger partial charge on any atom is -0.493 e. The second kappa shape index (κ2) is 11.0. The van der Waals surface area contributed by atoms with Gasteiger partial charge in [0.1, 0.15) is 0 Å². The standard InChI is InChI=1S/C27H25N3O4/c1-33-24-18-30(22-15-9-4-10-16-22)29-26(24)27(32)34-19-25(31)28-23(21-13-7-3-8-14-21)17-20-11-5-2-6-12-20/h2-16,18,23H,17,19H2,1H3,(H,28,31). The smallest absolute Gasteiger partial charge is 0.363 e. The average molecular weight is 456 g/mol. The van der Waals surface area contributed by atoms with E-state index in [2.05, 4.69) is 10.4 Å². The van der Waals surface area contributed by atoms with Crippen LogP contribution in [0.4, 0.5) is 0 Å². The lowest BCUT2D eigenvalue weighted by Crippen LogP contribution is -2.33. The zero-order valence-electron chi connectivity index (χ0n) is 18.8. The quantitative estimate of drug-likeness (QED) is 0.384. The molecule has 1 unspecified atom stereocenters. The van der Waals surface area contributed by atoms with Crippen molar-refractivity contribution in [2.24, 2.45) is 0 Å². The first-order chi connectivity index (χ1) is 16.6. The van der Waals surface area contributed by atoms with Gasteiger partial charge in [-0.15, -0.1) is 0 Å². The Kier molecular flexibility index (Phi) is 7.35. The molecule has 34 heavy (non-hydrogen) atoms. The highest BCUT2D eigenvalue weighted by Crippen LogP contribution is 2.21. The highest BCUT2D eigenvalue weighted by atomic mass is 16.5. The molecule has 4 rings (SSSR count). The molecule has 3 aromatic carbocycles. The molecule has 0 saturated carbocycles. The van der Waals surface area contributed by atoms with Gasteiger partial charge in [-0.2, -0.15) is 5.10 Å². The number of aromatic nitrogens is 2. The van der Waals surface area contributed by atoms with E-state index in [0.29, 0.717) is 6.42 Å². The monoisotopic (exact) mass is 455 g/mol. The second-order valence-electron chi connectivity index (χ2n) is 7.62. The summed E-state index contributed by atoms with van der Waals surface area (Å²) in [5.41, 5.74) is 2.83. The van der Waals surface area contributed by atoms with Crippen molar-refractivity contribution in [2.75, 3.05) is 13.7 Å². The summed E-state index contributed by atoms with van der Waals surface area (Å²) in [6.45, 7) is -0.432. The summed E-state index contributed by atoms with van der Waals surface area (Å²) in [7, 11) is 1.45. The molecule has 0 aliphatic heterocycles. The summed E-state index contributed by atoms with van der Waals surface area (Å²) < 4.78 is 12.1. The summed E-state index contributed by atoms with van der Waals surface area (Å²) in [4.78, 5) is 25.4. The molecule has 0 aliphatic rings. The zero-order valence-corrected chi connectivity index (χ0v) is 18.8. The van der Waals surface area contributed by atoms with Gasteiger partial charge in [0.25, 0.3) is 5.91 Å². The van der Waals surface area contributed by atoms with Crippen LogP contribution in [0.3, 0.4) is 0 Å². The Bertz CT molecular complexity index is 1220. The SMILES string of the molecule is COc1cn(-c2ccccc2)nc1C(=O)OCC(=O)NC(Cc1ccccc1)c1ccccc1. The fourth-order valence-electron chi connectivity index (χ4n) is 3.58. The number of carbonyl (C=O) groups excluding carboxylic acids is 2. The van der Waals surface area contributed by atoms with E-state index in [-0.39, 0.29) is 17.5 Å². The molecule has 1 amide bonds. The summed E-state index contributed by atoms with van der Waals surface area (Å²) in [6.07, 6.45) is 2.21. The Morgan fingerprint density at radius 1 is 0.912 bits per heavy atom. The van der Waals surface area contributed by atoms with E-state index < -0.39 is 18.5 Å². The molecule has 0 radical (unpaired) electrons. The van der Waals surface area contributed by atoms with Crippen molar-refractivity contribution in [3.63, 3.8) is 0 Å². The lowest BCUT2D eigenvalue weighted by molar-refractivity contribution is -0.125. The van der Waals surface area contributed by atoms with E-state index >= 15 is 0 Å². The molecule has 0 spiro atoms. The molecule has 0 saturated heterocycles. The van der Waals surface area contributed by atoms with Crippen LogP contribution in [0.5, 0.6) is 5.75 Å². The lowest BCUT2D eigenvalue weighted by Gasteiger charge is -2.19. The summed E-state index contributed by atoms with van der Waals surface area (Å²) in [5.74, 6) is -0.874. The van der Waals surface area contributed by atoms with Gasteiger partial charge < -0.3 is 14.8 Å². The number of esters is 1. The summed E-state index contributed by atoms with van der Waals surface area (Å²) in [6, 6.07) is 28.7. The fourth-order valence-corrected chi connectivity index (χ4v) is 3.58. The van der Waals surface area contributed by atoms with Crippen molar-refractivity contribution < 1.29 is 19.1 Å². The molecule has 0 fully saturated rings. The molecular weight excluding hydrogens is 430 g/mol. The van der Waals surface area contributed by atoms with Crippen LogP contribution >= 0.6 is 0 Å².